The van der Waals surface area contributed by atoms with E-state index in [9.17, 15) is 27.9 Å². The lowest BCUT2D eigenvalue weighted by atomic mass is 9.98. The summed E-state index contributed by atoms with van der Waals surface area (Å²) in [6.45, 7) is 0.0623. The van der Waals surface area contributed by atoms with Crippen LogP contribution in [0.15, 0.2) is 24.3 Å². The summed E-state index contributed by atoms with van der Waals surface area (Å²) < 4.78 is 45.3. The molecule has 1 aromatic carbocycles. The second-order valence-electron chi connectivity index (χ2n) is 5.11. The van der Waals surface area contributed by atoms with Crippen molar-refractivity contribution >= 4 is 11.9 Å². The van der Waals surface area contributed by atoms with Gasteiger partial charge < -0.3 is 19.9 Å². The number of hydrogen-bond donors (Lipinski definition) is 2. The zero-order chi connectivity index (χ0) is 17.1. The lowest BCUT2D eigenvalue weighted by molar-refractivity contribution is -0.274. The predicted molar refractivity (Wildman–Crippen MR) is 70.8 cm³/mol. The van der Waals surface area contributed by atoms with Crippen LogP contribution in [0.2, 0.25) is 0 Å². The van der Waals surface area contributed by atoms with E-state index in [0.717, 1.165) is 12.1 Å². The van der Waals surface area contributed by atoms with Crippen LogP contribution in [0.3, 0.4) is 0 Å². The highest BCUT2D eigenvalue weighted by molar-refractivity contribution is 5.88. The maximum atomic E-state index is 12.2. The summed E-state index contributed by atoms with van der Waals surface area (Å²) in [6.07, 6.45) is -4.97. The summed E-state index contributed by atoms with van der Waals surface area (Å²) in [4.78, 5) is 23.3. The van der Waals surface area contributed by atoms with E-state index in [1.807, 2.05) is 0 Å². The molecule has 1 aromatic rings. The number of carboxylic acid groups (broad SMARTS) is 1. The Balaban J connectivity index is 2.03. The van der Waals surface area contributed by atoms with Gasteiger partial charge in [0.25, 0.3) is 0 Å². The minimum absolute atomic E-state index is 0.130. The van der Waals surface area contributed by atoms with Gasteiger partial charge in [-0.3, -0.25) is 4.79 Å². The third-order valence-corrected chi connectivity index (χ3v) is 3.31. The van der Waals surface area contributed by atoms with E-state index in [4.69, 9.17) is 4.74 Å². The molecule has 1 saturated heterocycles. The number of ether oxygens (including phenoxy) is 2. The molecule has 126 valence electrons. The van der Waals surface area contributed by atoms with Gasteiger partial charge in [-0.05, 0) is 17.7 Å². The number of carbonyl (C=O) groups is 2. The highest BCUT2D eigenvalue weighted by Gasteiger charge is 2.43. The van der Waals surface area contributed by atoms with Gasteiger partial charge in [0.2, 0.25) is 5.91 Å². The predicted octanol–water partition coefficient (Wildman–Crippen LogP) is 1.49. The summed E-state index contributed by atoms with van der Waals surface area (Å²) in [7, 11) is 0. The number of nitrogens with one attached hydrogen (secondary N) is 1. The molecule has 0 bridgehead atoms. The molecule has 1 heterocycles. The van der Waals surface area contributed by atoms with Gasteiger partial charge in [0, 0.05) is 13.0 Å². The van der Waals surface area contributed by atoms with E-state index >= 15 is 0 Å². The zero-order valence-electron chi connectivity index (χ0n) is 11.9. The van der Waals surface area contributed by atoms with Crippen molar-refractivity contribution in [2.75, 3.05) is 13.2 Å². The first kappa shape index (κ1) is 17.1. The third kappa shape index (κ3) is 4.59. The van der Waals surface area contributed by atoms with E-state index in [0.29, 0.717) is 0 Å². The fraction of sp³-hybridized carbons (Fsp3) is 0.429. The molecule has 0 spiro atoms. The summed E-state index contributed by atoms with van der Waals surface area (Å²) in [5.74, 6) is -2.28. The molecular weight excluding hydrogens is 319 g/mol. The second-order valence-corrected chi connectivity index (χ2v) is 5.11. The number of hydrogen-bond acceptors (Lipinski definition) is 4. The molecule has 9 heteroatoms. The van der Waals surface area contributed by atoms with E-state index in [2.05, 4.69) is 10.1 Å². The number of carboxylic acids is 1. The number of alkyl halides is 3. The van der Waals surface area contributed by atoms with Gasteiger partial charge in [-0.2, -0.15) is 0 Å². The maximum absolute atomic E-state index is 12.2. The number of benzene rings is 1. The second kappa shape index (κ2) is 6.45. The Morgan fingerprint density at radius 3 is 2.70 bits per heavy atom. The molecule has 1 amide bonds. The molecular formula is C14H14F3NO5. The smallest absolute Gasteiger partial charge is 0.479 e. The van der Waals surface area contributed by atoms with Gasteiger partial charge in [-0.15, -0.1) is 13.2 Å². The van der Waals surface area contributed by atoms with Crippen molar-refractivity contribution in [1.29, 1.82) is 0 Å². The zero-order valence-corrected chi connectivity index (χ0v) is 11.9. The lowest BCUT2D eigenvalue weighted by Gasteiger charge is -2.23. The third-order valence-electron chi connectivity index (χ3n) is 3.31. The first-order chi connectivity index (χ1) is 10.7. The van der Waals surface area contributed by atoms with E-state index < -0.39 is 29.5 Å². The first-order valence-electron chi connectivity index (χ1n) is 6.67. The monoisotopic (exact) mass is 333 g/mol. The highest BCUT2D eigenvalue weighted by Crippen LogP contribution is 2.24. The summed E-state index contributed by atoms with van der Waals surface area (Å²) in [5.41, 5.74) is -1.22. The maximum Gasteiger partial charge on any atom is 0.573 e. The molecule has 1 aliphatic heterocycles. The van der Waals surface area contributed by atoms with Crippen molar-refractivity contribution in [2.45, 2.75) is 24.7 Å². The fourth-order valence-corrected chi connectivity index (χ4v) is 2.23. The molecule has 6 nitrogen and oxygen atoms in total. The Kier molecular flexibility index (Phi) is 4.79. The standard InChI is InChI=1S/C14H14F3NO5/c15-14(16,17)23-10-3-1-2-9(6-10)7-11(19)18-13(12(20)21)4-5-22-8-13/h1-3,6H,4-5,7-8H2,(H,18,19)(H,20,21). The Bertz CT molecular complexity index is 596. The Morgan fingerprint density at radius 2 is 2.13 bits per heavy atom. The van der Waals surface area contributed by atoms with E-state index in [1.54, 1.807) is 0 Å². The Labute approximate surface area is 129 Å². The number of rotatable bonds is 5. The molecule has 1 aliphatic rings. The molecule has 0 radical (unpaired) electrons. The van der Waals surface area contributed by atoms with Gasteiger partial charge in [0.1, 0.15) is 5.75 Å². The SMILES string of the molecule is O=C(Cc1cccc(OC(F)(F)F)c1)NC1(C(=O)O)CCOC1. The summed E-state index contributed by atoms with van der Waals surface area (Å²) in [6, 6.07) is 4.95. The van der Waals surface area contributed by atoms with Gasteiger partial charge in [0.15, 0.2) is 5.54 Å². The van der Waals surface area contributed by atoms with E-state index in [1.165, 1.54) is 12.1 Å². The molecule has 0 aliphatic carbocycles. The van der Waals surface area contributed by atoms with Crippen LogP contribution < -0.4 is 10.1 Å². The van der Waals surface area contributed by atoms with Gasteiger partial charge in [0.05, 0.1) is 13.0 Å². The number of aliphatic carboxylic acids is 1. The number of halogens is 3. The van der Waals surface area contributed by atoms with Crippen LogP contribution >= 0.6 is 0 Å². The minimum atomic E-state index is -4.82. The Morgan fingerprint density at radius 1 is 1.39 bits per heavy atom. The van der Waals surface area contributed by atoms with Crippen LogP contribution in [0.1, 0.15) is 12.0 Å². The molecule has 23 heavy (non-hydrogen) atoms. The Hall–Kier alpha value is -2.29. The summed E-state index contributed by atoms with van der Waals surface area (Å²) in [5, 5.41) is 11.6. The molecule has 2 rings (SSSR count). The average molecular weight is 333 g/mol. The van der Waals surface area contributed by atoms with Crippen molar-refractivity contribution in [2.24, 2.45) is 0 Å². The molecule has 2 N–H and O–H groups in total. The molecule has 1 atom stereocenters. The highest BCUT2D eigenvalue weighted by atomic mass is 19.4. The van der Waals surface area contributed by atoms with Crippen LogP contribution in [0.5, 0.6) is 5.75 Å². The van der Waals surface area contributed by atoms with Crippen LogP contribution in [0.4, 0.5) is 13.2 Å². The topological polar surface area (TPSA) is 84.9 Å². The number of amides is 1. The van der Waals surface area contributed by atoms with Crippen molar-refractivity contribution < 1.29 is 37.3 Å². The van der Waals surface area contributed by atoms with Crippen LogP contribution in [0, 0.1) is 0 Å². The van der Waals surface area contributed by atoms with Crippen LogP contribution in [-0.2, 0) is 20.7 Å². The van der Waals surface area contributed by atoms with Gasteiger partial charge in [-0.1, -0.05) is 12.1 Å². The van der Waals surface area contributed by atoms with Crippen molar-refractivity contribution in [1.82, 2.24) is 5.32 Å². The normalized spacial score (nSPS) is 21.0. The van der Waals surface area contributed by atoms with Crippen molar-refractivity contribution in [3.05, 3.63) is 29.8 Å². The minimum Gasteiger partial charge on any atom is -0.479 e. The molecule has 0 saturated carbocycles. The molecule has 1 unspecified atom stereocenters. The van der Waals surface area contributed by atoms with Gasteiger partial charge >= 0.3 is 12.3 Å². The number of carbonyl (C=O) groups excluding carboxylic acids is 1. The average Bonchev–Trinajstić information content (AvgIpc) is 2.86. The van der Waals surface area contributed by atoms with Crippen molar-refractivity contribution in [3.8, 4) is 5.75 Å². The van der Waals surface area contributed by atoms with Crippen LogP contribution in [-0.4, -0.2) is 42.1 Å². The quantitative estimate of drug-likeness (QED) is 0.853. The summed E-state index contributed by atoms with van der Waals surface area (Å²) >= 11 is 0. The first-order valence-corrected chi connectivity index (χ1v) is 6.67. The lowest BCUT2D eigenvalue weighted by Crippen LogP contribution is -2.55. The van der Waals surface area contributed by atoms with Gasteiger partial charge in [-0.25, -0.2) is 4.79 Å². The van der Waals surface area contributed by atoms with Crippen molar-refractivity contribution in [3.63, 3.8) is 0 Å². The molecule has 1 fully saturated rings. The van der Waals surface area contributed by atoms with E-state index in [-0.39, 0.29) is 31.6 Å². The largest absolute Gasteiger partial charge is 0.573 e. The van der Waals surface area contributed by atoms with Crippen LogP contribution in [0.25, 0.3) is 0 Å². The fourth-order valence-electron chi connectivity index (χ4n) is 2.23. The molecule has 0 aromatic heterocycles.